The van der Waals surface area contributed by atoms with E-state index in [1.54, 1.807) is 6.92 Å². The van der Waals surface area contributed by atoms with Gasteiger partial charge in [-0.3, -0.25) is 19.7 Å². The van der Waals surface area contributed by atoms with Gasteiger partial charge in [-0.2, -0.15) is 0 Å². The predicted octanol–water partition coefficient (Wildman–Crippen LogP) is 1.44. The first-order valence-corrected chi connectivity index (χ1v) is 6.26. The SMILES string of the molecule is CCOC(=O)CN1C(=O)CCc2cc([N+](=O)[O-])ccc21. The molecule has 20 heavy (non-hydrogen) atoms. The fourth-order valence-electron chi connectivity index (χ4n) is 2.17. The molecule has 0 fully saturated rings. The molecule has 0 saturated carbocycles. The maximum absolute atomic E-state index is 11.9. The van der Waals surface area contributed by atoms with Gasteiger partial charge in [0.05, 0.1) is 11.5 Å². The summed E-state index contributed by atoms with van der Waals surface area (Å²) in [6.07, 6.45) is 0.669. The first-order valence-electron chi connectivity index (χ1n) is 6.26. The van der Waals surface area contributed by atoms with Crippen LogP contribution in [0.2, 0.25) is 0 Å². The third kappa shape index (κ3) is 2.76. The lowest BCUT2D eigenvalue weighted by Gasteiger charge is -2.28. The van der Waals surface area contributed by atoms with Crippen molar-refractivity contribution in [3.05, 3.63) is 33.9 Å². The number of ether oxygens (including phenoxy) is 1. The highest BCUT2D eigenvalue weighted by molar-refractivity contribution is 6.00. The number of nitro benzene ring substituents is 1. The Bertz CT molecular complexity index is 570. The first-order chi connectivity index (χ1) is 9.52. The third-order valence-electron chi connectivity index (χ3n) is 3.07. The fourth-order valence-corrected chi connectivity index (χ4v) is 2.17. The number of carbonyl (C=O) groups is 2. The number of nitro groups is 1. The number of carbonyl (C=O) groups excluding carboxylic acids is 2. The molecular weight excluding hydrogens is 264 g/mol. The Morgan fingerprint density at radius 3 is 2.85 bits per heavy atom. The highest BCUT2D eigenvalue weighted by atomic mass is 16.6. The van der Waals surface area contributed by atoms with Crippen molar-refractivity contribution in [2.45, 2.75) is 19.8 Å². The number of benzene rings is 1. The summed E-state index contributed by atoms with van der Waals surface area (Å²) >= 11 is 0. The molecule has 0 N–H and O–H groups in total. The second-order valence-electron chi connectivity index (χ2n) is 4.36. The topological polar surface area (TPSA) is 89.8 Å². The summed E-state index contributed by atoms with van der Waals surface area (Å²) in [4.78, 5) is 35.0. The van der Waals surface area contributed by atoms with Gasteiger partial charge in [0.2, 0.25) is 5.91 Å². The van der Waals surface area contributed by atoms with Crippen molar-refractivity contribution >= 4 is 23.3 Å². The molecule has 0 saturated heterocycles. The standard InChI is InChI=1S/C13H14N2O5/c1-2-20-13(17)8-14-11-5-4-10(15(18)19)7-9(11)3-6-12(14)16/h4-5,7H,2-3,6,8H2,1H3. The van der Waals surface area contributed by atoms with Crippen LogP contribution in [0.4, 0.5) is 11.4 Å². The lowest BCUT2D eigenvalue weighted by molar-refractivity contribution is -0.384. The zero-order valence-corrected chi connectivity index (χ0v) is 11.0. The molecule has 7 nitrogen and oxygen atoms in total. The predicted molar refractivity (Wildman–Crippen MR) is 70.4 cm³/mol. The second-order valence-corrected chi connectivity index (χ2v) is 4.36. The first kappa shape index (κ1) is 14.0. The van der Waals surface area contributed by atoms with Crippen LogP contribution in [0, 0.1) is 10.1 Å². The molecule has 2 rings (SSSR count). The van der Waals surface area contributed by atoms with E-state index in [1.807, 2.05) is 0 Å². The van der Waals surface area contributed by atoms with Crippen molar-refractivity contribution in [1.29, 1.82) is 0 Å². The molecule has 1 heterocycles. The number of nitrogens with zero attached hydrogens (tertiary/aromatic N) is 2. The summed E-state index contributed by atoms with van der Waals surface area (Å²) in [5.74, 6) is -0.675. The molecule has 106 valence electrons. The minimum absolute atomic E-state index is 0.0193. The number of non-ortho nitro benzene ring substituents is 1. The Labute approximate surface area is 115 Å². The van der Waals surface area contributed by atoms with Crippen LogP contribution in [0.3, 0.4) is 0 Å². The van der Waals surface area contributed by atoms with Gasteiger partial charge in [-0.1, -0.05) is 0 Å². The van der Waals surface area contributed by atoms with E-state index in [9.17, 15) is 19.7 Å². The van der Waals surface area contributed by atoms with Gasteiger partial charge in [0.15, 0.2) is 0 Å². The van der Waals surface area contributed by atoms with Gasteiger partial charge >= 0.3 is 5.97 Å². The second kappa shape index (κ2) is 5.68. The number of hydrogen-bond donors (Lipinski definition) is 0. The van der Waals surface area contributed by atoms with Crippen molar-refractivity contribution in [1.82, 2.24) is 0 Å². The van der Waals surface area contributed by atoms with E-state index < -0.39 is 10.9 Å². The van der Waals surface area contributed by atoms with E-state index >= 15 is 0 Å². The quantitative estimate of drug-likeness (QED) is 0.472. The average molecular weight is 278 g/mol. The maximum Gasteiger partial charge on any atom is 0.326 e. The van der Waals surface area contributed by atoms with Crippen LogP contribution >= 0.6 is 0 Å². The number of fused-ring (bicyclic) bond motifs is 1. The smallest absolute Gasteiger partial charge is 0.326 e. The number of aryl methyl sites for hydroxylation is 1. The maximum atomic E-state index is 11.9. The number of rotatable bonds is 4. The molecule has 0 bridgehead atoms. The van der Waals surface area contributed by atoms with Crippen LogP contribution < -0.4 is 4.90 Å². The molecule has 1 aliphatic rings. The average Bonchev–Trinajstić information content (AvgIpc) is 2.41. The van der Waals surface area contributed by atoms with Crippen LogP contribution in [-0.2, 0) is 20.7 Å². The highest BCUT2D eigenvalue weighted by Crippen LogP contribution is 2.30. The monoisotopic (exact) mass is 278 g/mol. The molecule has 7 heteroatoms. The summed E-state index contributed by atoms with van der Waals surface area (Å²) in [5.41, 5.74) is 1.22. The number of esters is 1. The van der Waals surface area contributed by atoms with Crippen LogP contribution in [0.1, 0.15) is 18.9 Å². The van der Waals surface area contributed by atoms with E-state index in [-0.39, 0.29) is 31.2 Å². The van der Waals surface area contributed by atoms with Gasteiger partial charge in [0, 0.05) is 24.2 Å². The molecular formula is C13H14N2O5. The van der Waals surface area contributed by atoms with E-state index in [4.69, 9.17) is 4.74 Å². The van der Waals surface area contributed by atoms with Crippen molar-refractivity contribution in [3.8, 4) is 0 Å². The molecule has 1 aromatic carbocycles. The van der Waals surface area contributed by atoms with Crippen molar-refractivity contribution in [3.63, 3.8) is 0 Å². The number of anilines is 1. The van der Waals surface area contributed by atoms with Crippen LogP contribution in [0.5, 0.6) is 0 Å². The van der Waals surface area contributed by atoms with E-state index in [0.29, 0.717) is 17.7 Å². The Kier molecular flexibility index (Phi) is 3.97. The van der Waals surface area contributed by atoms with Crippen LogP contribution in [0.25, 0.3) is 0 Å². The molecule has 0 radical (unpaired) electrons. The van der Waals surface area contributed by atoms with Gasteiger partial charge in [-0.15, -0.1) is 0 Å². The van der Waals surface area contributed by atoms with E-state index in [1.165, 1.54) is 23.1 Å². The van der Waals surface area contributed by atoms with Crippen molar-refractivity contribution < 1.29 is 19.2 Å². The lowest BCUT2D eigenvalue weighted by atomic mass is 10.0. The van der Waals surface area contributed by atoms with E-state index in [2.05, 4.69) is 0 Å². The van der Waals surface area contributed by atoms with Crippen LogP contribution in [-0.4, -0.2) is 30.0 Å². The highest BCUT2D eigenvalue weighted by Gasteiger charge is 2.27. The van der Waals surface area contributed by atoms with Gasteiger partial charge in [0.25, 0.3) is 5.69 Å². The molecule has 1 aliphatic heterocycles. The number of amides is 1. The molecule has 0 aromatic heterocycles. The Balaban J connectivity index is 2.29. The van der Waals surface area contributed by atoms with E-state index in [0.717, 1.165) is 0 Å². The minimum Gasteiger partial charge on any atom is -0.465 e. The minimum atomic E-state index is -0.493. The Hall–Kier alpha value is -2.44. The zero-order chi connectivity index (χ0) is 14.7. The lowest BCUT2D eigenvalue weighted by Crippen LogP contribution is -2.39. The molecule has 0 atom stereocenters. The van der Waals surface area contributed by atoms with Gasteiger partial charge < -0.3 is 9.64 Å². The van der Waals surface area contributed by atoms with Gasteiger partial charge in [-0.25, -0.2) is 0 Å². The molecule has 1 amide bonds. The Morgan fingerprint density at radius 1 is 1.45 bits per heavy atom. The summed E-state index contributed by atoms with van der Waals surface area (Å²) in [6, 6.07) is 4.28. The molecule has 0 spiro atoms. The summed E-state index contributed by atoms with van der Waals surface area (Å²) in [5, 5.41) is 10.7. The molecule has 0 unspecified atom stereocenters. The van der Waals surface area contributed by atoms with Crippen molar-refractivity contribution in [2.24, 2.45) is 0 Å². The summed E-state index contributed by atoms with van der Waals surface area (Å²) in [6.45, 7) is 1.76. The normalized spacial score (nSPS) is 13.8. The molecule has 1 aromatic rings. The summed E-state index contributed by atoms with van der Waals surface area (Å²) in [7, 11) is 0. The summed E-state index contributed by atoms with van der Waals surface area (Å²) < 4.78 is 4.83. The number of hydrogen-bond acceptors (Lipinski definition) is 5. The van der Waals surface area contributed by atoms with Gasteiger partial charge in [-0.05, 0) is 25.0 Å². The molecule has 0 aliphatic carbocycles. The largest absolute Gasteiger partial charge is 0.465 e. The van der Waals surface area contributed by atoms with Gasteiger partial charge in [0.1, 0.15) is 6.54 Å². The van der Waals surface area contributed by atoms with Crippen molar-refractivity contribution in [2.75, 3.05) is 18.1 Å². The zero-order valence-electron chi connectivity index (χ0n) is 11.0. The Morgan fingerprint density at radius 2 is 2.20 bits per heavy atom. The third-order valence-corrected chi connectivity index (χ3v) is 3.07. The fraction of sp³-hybridized carbons (Fsp3) is 0.385. The van der Waals surface area contributed by atoms with Crippen LogP contribution in [0.15, 0.2) is 18.2 Å².